The minimum Gasteiger partial charge on any atom is -0.392 e. The van der Waals surface area contributed by atoms with Crippen molar-refractivity contribution in [1.29, 1.82) is 0 Å². The number of rotatable bonds is 4. The molecule has 0 saturated carbocycles. The molecular weight excluding hydrogens is 320 g/mol. The lowest BCUT2D eigenvalue weighted by molar-refractivity contribution is -0.123. The van der Waals surface area contributed by atoms with Gasteiger partial charge in [0.05, 0.1) is 24.0 Å². The van der Waals surface area contributed by atoms with Gasteiger partial charge in [0.25, 0.3) is 0 Å². The van der Waals surface area contributed by atoms with E-state index in [2.05, 4.69) is 22.0 Å². The Morgan fingerprint density at radius 1 is 1.36 bits per heavy atom. The topological polar surface area (TPSA) is 76.1 Å². The van der Waals surface area contributed by atoms with Crippen molar-refractivity contribution >= 4 is 23.2 Å². The van der Waals surface area contributed by atoms with Crippen LogP contribution in [0.4, 0.5) is 11.4 Å². The van der Waals surface area contributed by atoms with Crippen molar-refractivity contribution in [3.8, 4) is 0 Å². The predicted molar refractivity (Wildman–Crippen MR) is 96.6 cm³/mol. The van der Waals surface area contributed by atoms with E-state index >= 15 is 0 Å². The molecule has 7 nitrogen and oxygen atoms in total. The van der Waals surface area contributed by atoms with Gasteiger partial charge in [-0.3, -0.25) is 24.3 Å². The Balaban J connectivity index is 1.63. The lowest BCUT2D eigenvalue weighted by Gasteiger charge is -2.40. The molecule has 7 heteroatoms. The van der Waals surface area contributed by atoms with Crippen molar-refractivity contribution in [3.63, 3.8) is 0 Å². The molecule has 2 N–H and O–H groups in total. The molecule has 1 saturated heterocycles. The summed E-state index contributed by atoms with van der Waals surface area (Å²) >= 11 is 0. The van der Waals surface area contributed by atoms with Gasteiger partial charge in [0, 0.05) is 32.2 Å². The van der Waals surface area contributed by atoms with Gasteiger partial charge >= 0.3 is 0 Å². The van der Waals surface area contributed by atoms with E-state index in [1.807, 2.05) is 24.3 Å². The molecule has 2 aliphatic heterocycles. The minimum absolute atomic E-state index is 0.0570. The van der Waals surface area contributed by atoms with Crippen LogP contribution >= 0.6 is 0 Å². The molecule has 0 bridgehead atoms. The number of hydrogen-bond donors (Lipinski definition) is 2. The standard InChI is InChI=1S/C18H26N4O3/c1-13-9-20(7-8-21(13)10-14(2)23)12-18(25)22-11-17(24)19-15-5-3-4-6-16(15)22/h3-6,13-14,23H,7-12H2,1-2H3,(H,19,24)/t13-,14+/m0/s1. The number of benzene rings is 1. The summed E-state index contributed by atoms with van der Waals surface area (Å²) in [4.78, 5) is 30.6. The Bertz CT molecular complexity index is 649. The Labute approximate surface area is 148 Å². The number of para-hydroxylation sites is 2. The first kappa shape index (κ1) is 17.8. The fourth-order valence-electron chi connectivity index (χ4n) is 3.56. The van der Waals surface area contributed by atoms with E-state index in [0.29, 0.717) is 18.8 Å². The zero-order chi connectivity index (χ0) is 18.0. The van der Waals surface area contributed by atoms with Crippen molar-refractivity contribution < 1.29 is 14.7 Å². The average molecular weight is 346 g/mol. The van der Waals surface area contributed by atoms with Crippen LogP contribution in [0.2, 0.25) is 0 Å². The van der Waals surface area contributed by atoms with E-state index in [1.165, 1.54) is 0 Å². The third-order valence-electron chi connectivity index (χ3n) is 4.78. The van der Waals surface area contributed by atoms with Crippen LogP contribution in [0.1, 0.15) is 13.8 Å². The summed E-state index contributed by atoms with van der Waals surface area (Å²) in [5, 5.41) is 12.4. The number of fused-ring (bicyclic) bond motifs is 1. The molecule has 2 aliphatic rings. The van der Waals surface area contributed by atoms with E-state index in [9.17, 15) is 14.7 Å². The van der Waals surface area contributed by atoms with Gasteiger partial charge in [0.15, 0.2) is 0 Å². The highest BCUT2D eigenvalue weighted by Crippen LogP contribution is 2.29. The number of β-amino-alcohol motifs (C(OH)–C–C–N with tert-alkyl or cyclic N) is 1. The number of hydrogen-bond acceptors (Lipinski definition) is 5. The molecule has 2 atom stereocenters. The van der Waals surface area contributed by atoms with Crippen LogP contribution in [0, 0.1) is 0 Å². The van der Waals surface area contributed by atoms with Gasteiger partial charge in [-0.25, -0.2) is 0 Å². The summed E-state index contributed by atoms with van der Waals surface area (Å²) in [6.07, 6.45) is -0.348. The lowest BCUT2D eigenvalue weighted by Crippen LogP contribution is -2.56. The second-order valence-electron chi connectivity index (χ2n) is 6.97. The van der Waals surface area contributed by atoms with Crippen LogP contribution in [-0.4, -0.2) is 78.1 Å². The van der Waals surface area contributed by atoms with Gasteiger partial charge in [0.1, 0.15) is 6.54 Å². The molecule has 136 valence electrons. The second-order valence-corrected chi connectivity index (χ2v) is 6.97. The maximum absolute atomic E-state index is 12.8. The summed E-state index contributed by atoms with van der Waals surface area (Å²) in [6.45, 7) is 7.32. The highest BCUT2D eigenvalue weighted by Gasteiger charge is 2.30. The number of aliphatic hydroxyl groups is 1. The summed E-state index contributed by atoms with van der Waals surface area (Å²) in [6, 6.07) is 7.66. The number of amides is 2. The molecule has 0 radical (unpaired) electrons. The van der Waals surface area contributed by atoms with Crippen molar-refractivity contribution in [3.05, 3.63) is 24.3 Å². The molecule has 0 spiro atoms. The van der Waals surface area contributed by atoms with Crippen LogP contribution in [0.15, 0.2) is 24.3 Å². The maximum Gasteiger partial charge on any atom is 0.244 e. The zero-order valence-corrected chi connectivity index (χ0v) is 14.8. The Morgan fingerprint density at radius 2 is 2.12 bits per heavy atom. The number of nitrogens with zero attached hydrogens (tertiary/aromatic N) is 3. The highest BCUT2D eigenvalue weighted by atomic mass is 16.3. The smallest absolute Gasteiger partial charge is 0.244 e. The number of nitrogens with one attached hydrogen (secondary N) is 1. The molecule has 1 fully saturated rings. The van der Waals surface area contributed by atoms with Crippen LogP contribution in [0.5, 0.6) is 0 Å². The highest BCUT2D eigenvalue weighted by molar-refractivity contribution is 6.10. The number of carbonyl (C=O) groups excluding carboxylic acids is 2. The fraction of sp³-hybridized carbons (Fsp3) is 0.556. The van der Waals surface area contributed by atoms with Crippen LogP contribution in [0.3, 0.4) is 0 Å². The van der Waals surface area contributed by atoms with Crippen molar-refractivity contribution in [2.75, 3.05) is 49.5 Å². The maximum atomic E-state index is 12.8. The van der Waals surface area contributed by atoms with Gasteiger partial charge in [-0.15, -0.1) is 0 Å². The second kappa shape index (κ2) is 7.51. The van der Waals surface area contributed by atoms with E-state index in [0.717, 1.165) is 25.3 Å². The molecule has 0 unspecified atom stereocenters. The van der Waals surface area contributed by atoms with Crippen LogP contribution in [0.25, 0.3) is 0 Å². The van der Waals surface area contributed by atoms with Gasteiger partial charge in [-0.05, 0) is 26.0 Å². The fourth-order valence-corrected chi connectivity index (χ4v) is 3.56. The SMILES string of the molecule is C[C@@H](O)CN1CCN(CC(=O)N2CC(=O)Nc3ccccc32)C[C@@H]1C. The monoisotopic (exact) mass is 346 g/mol. The number of anilines is 2. The molecule has 1 aromatic carbocycles. The lowest BCUT2D eigenvalue weighted by atomic mass is 10.1. The molecule has 25 heavy (non-hydrogen) atoms. The third kappa shape index (κ3) is 4.18. The number of piperazine rings is 1. The van der Waals surface area contributed by atoms with E-state index in [-0.39, 0.29) is 30.5 Å². The Kier molecular flexibility index (Phi) is 5.36. The Hall–Kier alpha value is -1.96. The number of carbonyl (C=O) groups is 2. The summed E-state index contributed by atoms with van der Waals surface area (Å²) in [5.74, 6) is -0.222. The van der Waals surface area contributed by atoms with Crippen molar-refractivity contribution in [2.45, 2.75) is 26.0 Å². The molecule has 0 aliphatic carbocycles. The molecule has 2 heterocycles. The zero-order valence-electron chi connectivity index (χ0n) is 14.8. The normalized spacial score (nSPS) is 23.1. The van der Waals surface area contributed by atoms with Crippen LogP contribution < -0.4 is 10.2 Å². The van der Waals surface area contributed by atoms with Gasteiger partial charge in [-0.2, -0.15) is 0 Å². The summed E-state index contributed by atoms with van der Waals surface area (Å²) < 4.78 is 0. The first-order valence-electron chi connectivity index (χ1n) is 8.77. The first-order valence-corrected chi connectivity index (χ1v) is 8.77. The van der Waals surface area contributed by atoms with E-state index in [4.69, 9.17) is 0 Å². The summed E-state index contributed by atoms with van der Waals surface area (Å²) in [7, 11) is 0. The van der Waals surface area contributed by atoms with Crippen molar-refractivity contribution in [2.24, 2.45) is 0 Å². The van der Waals surface area contributed by atoms with Crippen molar-refractivity contribution in [1.82, 2.24) is 9.80 Å². The third-order valence-corrected chi connectivity index (χ3v) is 4.78. The summed E-state index contributed by atoms with van der Waals surface area (Å²) in [5.41, 5.74) is 1.44. The molecule has 0 aromatic heterocycles. The number of aliphatic hydroxyl groups excluding tert-OH is 1. The molecular formula is C18H26N4O3. The van der Waals surface area contributed by atoms with Crippen LogP contribution in [-0.2, 0) is 9.59 Å². The van der Waals surface area contributed by atoms with Gasteiger partial charge < -0.3 is 10.4 Å². The molecule has 3 rings (SSSR count). The first-order chi connectivity index (χ1) is 11.9. The predicted octanol–water partition coefficient (Wildman–Crippen LogP) is 0.359. The average Bonchev–Trinajstić information content (AvgIpc) is 2.56. The van der Waals surface area contributed by atoms with Gasteiger partial charge in [0.2, 0.25) is 11.8 Å². The quantitative estimate of drug-likeness (QED) is 0.823. The molecule has 1 aromatic rings. The van der Waals surface area contributed by atoms with E-state index < -0.39 is 0 Å². The minimum atomic E-state index is -0.348. The van der Waals surface area contributed by atoms with E-state index in [1.54, 1.807) is 11.8 Å². The Morgan fingerprint density at radius 3 is 2.84 bits per heavy atom. The molecule has 2 amide bonds. The van der Waals surface area contributed by atoms with Gasteiger partial charge in [-0.1, -0.05) is 12.1 Å². The largest absolute Gasteiger partial charge is 0.392 e.